The summed E-state index contributed by atoms with van der Waals surface area (Å²) in [6.45, 7) is 1.39. The van der Waals surface area contributed by atoms with Gasteiger partial charge < -0.3 is 10.0 Å². The van der Waals surface area contributed by atoms with Crippen LogP contribution < -0.4 is 0 Å². The molecule has 0 aromatic heterocycles. The topological polar surface area (TPSA) is 40.5 Å². The quantitative estimate of drug-likeness (QED) is 0.772. The second-order valence-electron chi connectivity index (χ2n) is 3.37. The molecule has 1 aromatic rings. The molecule has 0 atom stereocenters. The average Bonchev–Trinajstić information content (AvgIpc) is 2.16. The molecule has 3 nitrogen and oxygen atoms in total. The van der Waals surface area contributed by atoms with Crippen LogP contribution in [0, 0.1) is 0 Å². The third kappa shape index (κ3) is 4.05. The lowest BCUT2D eigenvalue weighted by Gasteiger charge is -2.14. The van der Waals surface area contributed by atoms with E-state index in [4.69, 9.17) is 5.11 Å². The Bertz CT molecular complexity index is 285. The van der Waals surface area contributed by atoms with Gasteiger partial charge >= 0.3 is 5.97 Å². The van der Waals surface area contributed by atoms with Gasteiger partial charge in [-0.2, -0.15) is 0 Å². The zero-order valence-corrected chi connectivity index (χ0v) is 8.31. The van der Waals surface area contributed by atoms with Gasteiger partial charge in [0.1, 0.15) is 0 Å². The fourth-order valence-corrected chi connectivity index (χ4v) is 1.26. The van der Waals surface area contributed by atoms with Crippen LogP contribution in [0.15, 0.2) is 30.3 Å². The Morgan fingerprint density at radius 1 is 1.36 bits per heavy atom. The third-order valence-corrected chi connectivity index (χ3v) is 2.00. The van der Waals surface area contributed by atoms with Crippen molar-refractivity contribution in [1.82, 2.24) is 4.90 Å². The molecule has 1 rings (SSSR count). The summed E-state index contributed by atoms with van der Waals surface area (Å²) in [6, 6.07) is 10.0. The fourth-order valence-electron chi connectivity index (χ4n) is 1.26. The molecule has 0 saturated heterocycles. The lowest BCUT2D eigenvalue weighted by atomic mass is 10.2. The number of carboxylic acid groups (broad SMARTS) is 1. The van der Waals surface area contributed by atoms with Gasteiger partial charge in [-0.1, -0.05) is 30.3 Å². The van der Waals surface area contributed by atoms with Crippen LogP contribution in [0.25, 0.3) is 0 Å². The first kappa shape index (κ1) is 10.7. The molecule has 76 valence electrons. The van der Waals surface area contributed by atoms with E-state index in [0.29, 0.717) is 6.54 Å². The molecule has 0 unspecified atom stereocenters. The predicted molar refractivity (Wildman–Crippen MR) is 55.0 cm³/mol. The smallest absolute Gasteiger partial charge is 0.304 e. The first-order valence-corrected chi connectivity index (χ1v) is 4.63. The first-order valence-electron chi connectivity index (χ1n) is 4.63. The van der Waals surface area contributed by atoms with Crippen LogP contribution in [0.3, 0.4) is 0 Å². The van der Waals surface area contributed by atoms with Gasteiger partial charge in [0.15, 0.2) is 0 Å². The van der Waals surface area contributed by atoms with Crippen LogP contribution >= 0.6 is 0 Å². The van der Waals surface area contributed by atoms with E-state index in [-0.39, 0.29) is 6.42 Å². The molecule has 1 N–H and O–H groups in total. The van der Waals surface area contributed by atoms with Crippen molar-refractivity contribution in [2.45, 2.75) is 13.0 Å². The van der Waals surface area contributed by atoms with Crippen molar-refractivity contribution in [3.05, 3.63) is 35.9 Å². The number of nitrogens with zero attached hydrogens (tertiary/aromatic N) is 1. The summed E-state index contributed by atoms with van der Waals surface area (Å²) in [6.07, 6.45) is 0.198. The van der Waals surface area contributed by atoms with E-state index in [1.165, 1.54) is 5.56 Å². The van der Waals surface area contributed by atoms with Crippen LogP contribution in [0.2, 0.25) is 0 Å². The highest BCUT2D eigenvalue weighted by Crippen LogP contribution is 2.02. The van der Waals surface area contributed by atoms with Crippen molar-refractivity contribution >= 4 is 5.97 Å². The van der Waals surface area contributed by atoms with E-state index < -0.39 is 5.97 Å². The number of rotatable bonds is 5. The molecule has 0 radical (unpaired) electrons. The van der Waals surface area contributed by atoms with E-state index >= 15 is 0 Å². The molecule has 0 spiro atoms. The van der Waals surface area contributed by atoms with Crippen LogP contribution in [0.4, 0.5) is 0 Å². The van der Waals surface area contributed by atoms with Crippen molar-refractivity contribution in [2.75, 3.05) is 13.6 Å². The highest BCUT2D eigenvalue weighted by molar-refractivity contribution is 5.66. The molecule has 14 heavy (non-hydrogen) atoms. The van der Waals surface area contributed by atoms with E-state index in [2.05, 4.69) is 0 Å². The van der Waals surface area contributed by atoms with Gasteiger partial charge in [0, 0.05) is 13.1 Å². The van der Waals surface area contributed by atoms with Crippen molar-refractivity contribution in [3.8, 4) is 0 Å². The Morgan fingerprint density at radius 3 is 2.57 bits per heavy atom. The van der Waals surface area contributed by atoms with Crippen molar-refractivity contribution < 1.29 is 9.90 Å². The Hall–Kier alpha value is -1.35. The van der Waals surface area contributed by atoms with Gasteiger partial charge in [-0.05, 0) is 12.6 Å². The Balaban J connectivity index is 2.34. The van der Waals surface area contributed by atoms with Crippen LogP contribution in [-0.2, 0) is 11.3 Å². The first-order chi connectivity index (χ1) is 6.68. The summed E-state index contributed by atoms with van der Waals surface area (Å²) in [4.78, 5) is 12.3. The fraction of sp³-hybridized carbons (Fsp3) is 0.364. The number of hydrogen-bond donors (Lipinski definition) is 1. The zero-order chi connectivity index (χ0) is 10.4. The predicted octanol–water partition coefficient (Wildman–Crippen LogP) is 1.59. The summed E-state index contributed by atoms with van der Waals surface area (Å²) in [5, 5.41) is 8.50. The molecule has 0 aliphatic rings. The molecule has 0 saturated carbocycles. The maximum Gasteiger partial charge on any atom is 0.304 e. The van der Waals surface area contributed by atoms with Crippen molar-refractivity contribution in [1.29, 1.82) is 0 Å². The number of aliphatic carboxylic acids is 1. The molecule has 0 bridgehead atoms. The normalized spacial score (nSPS) is 10.4. The summed E-state index contributed by atoms with van der Waals surface area (Å²) in [5.74, 6) is -0.745. The Morgan fingerprint density at radius 2 is 2.00 bits per heavy atom. The van der Waals surface area contributed by atoms with Crippen LogP contribution in [0.1, 0.15) is 12.0 Å². The van der Waals surface area contributed by atoms with E-state index in [1.807, 2.05) is 42.3 Å². The van der Waals surface area contributed by atoms with Crippen molar-refractivity contribution in [3.63, 3.8) is 0 Å². The van der Waals surface area contributed by atoms with Gasteiger partial charge in [0.25, 0.3) is 0 Å². The van der Waals surface area contributed by atoms with Crippen molar-refractivity contribution in [2.24, 2.45) is 0 Å². The molecule has 0 aliphatic carbocycles. The largest absolute Gasteiger partial charge is 0.481 e. The maximum atomic E-state index is 10.3. The third-order valence-electron chi connectivity index (χ3n) is 2.00. The van der Waals surface area contributed by atoms with Gasteiger partial charge in [-0.25, -0.2) is 0 Å². The molecule has 3 heteroatoms. The zero-order valence-electron chi connectivity index (χ0n) is 8.31. The SMILES string of the molecule is CN(CCC(=O)O)Cc1ccccc1. The number of hydrogen-bond acceptors (Lipinski definition) is 2. The lowest BCUT2D eigenvalue weighted by molar-refractivity contribution is -0.137. The highest BCUT2D eigenvalue weighted by atomic mass is 16.4. The molecule has 0 amide bonds. The molecular weight excluding hydrogens is 178 g/mol. The summed E-state index contributed by atoms with van der Waals surface area (Å²) in [5.41, 5.74) is 1.21. The Labute approximate surface area is 84.0 Å². The second kappa shape index (κ2) is 5.40. The molecule has 0 heterocycles. The molecule has 0 aliphatic heterocycles. The molecule has 0 fully saturated rings. The summed E-state index contributed by atoms with van der Waals surface area (Å²) >= 11 is 0. The Kier molecular flexibility index (Phi) is 4.13. The van der Waals surface area contributed by atoms with Gasteiger partial charge in [0.2, 0.25) is 0 Å². The van der Waals surface area contributed by atoms with Gasteiger partial charge in [-0.3, -0.25) is 4.79 Å². The standard InChI is InChI=1S/C11H15NO2/c1-12(8-7-11(13)14)9-10-5-3-2-4-6-10/h2-6H,7-9H2,1H3,(H,13,14). The van der Waals surface area contributed by atoms with Crippen LogP contribution in [-0.4, -0.2) is 29.6 Å². The summed E-state index contributed by atoms with van der Waals surface area (Å²) < 4.78 is 0. The van der Waals surface area contributed by atoms with Crippen LogP contribution in [0.5, 0.6) is 0 Å². The van der Waals surface area contributed by atoms with E-state index in [1.54, 1.807) is 0 Å². The minimum Gasteiger partial charge on any atom is -0.481 e. The number of carboxylic acids is 1. The average molecular weight is 193 g/mol. The monoisotopic (exact) mass is 193 g/mol. The summed E-state index contributed by atoms with van der Waals surface area (Å²) in [7, 11) is 1.93. The molecule has 1 aromatic carbocycles. The minimum atomic E-state index is -0.745. The molecular formula is C11H15NO2. The minimum absolute atomic E-state index is 0.198. The highest BCUT2D eigenvalue weighted by Gasteiger charge is 2.02. The number of benzene rings is 1. The van der Waals surface area contributed by atoms with E-state index in [0.717, 1.165) is 6.54 Å². The van der Waals surface area contributed by atoms with E-state index in [9.17, 15) is 4.79 Å². The second-order valence-corrected chi connectivity index (χ2v) is 3.37. The number of carbonyl (C=O) groups is 1. The lowest BCUT2D eigenvalue weighted by Crippen LogP contribution is -2.21. The maximum absolute atomic E-state index is 10.3. The van der Waals surface area contributed by atoms with Gasteiger partial charge in [0.05, 0.1) is 6.42 Å². The van der Waals surface area contributed by atoms with Gasteiger partial charge in [-0.15, -0.1) is 0 Å².